The van der Waals surface area contributed by atoms with Gasteiger partial charge in [0.2, 0.25) is 0 Å². The monoisotopic (exact) mass is 439 g/mol. The summed E-state index contributed by atoms with van der Waals surface area (Å²) >= 11 is 12.6. The number of rotatable bonds is 1. The van der Waals surface area contributed by atoms with Gasteiger partial charge in [-0.1, -0.05) is 53.5 Å². The summed E-state index contributed by atoms with van der Waals surface area (Å²) in [7, 11) is 3.00. The van der Waals surface area contributed by atoms with Crippen LogP contribution in [0.1, 0.15) is 33.0 Å². The van der Waals surface area contributed by atoms with E-state index < -0.39 is 17.2 Å². The van der Waals surface area contributed by atoms with Crippen molar-refractivity contribution in [2.45, 2.75) is 5.92 Å². The highest BCUT2D eigenvalue weighted by molar-refractivity contribution is 6.35. The summed E-state index contributed by atoms with van der Waals surface area (Å²) < 4.78 is 2.41. The molecule has 1 aliphatic carbocycles. The molecule has 1 unspecified atom stereocenters. The van der Waals surface area contributed by atoms with Crippen LogP contribution in [-0.2, 0) is 14.1 Å². The molecule has 6 nitrogen and oxygen atoms in total. The summed E-state index contributed by atoms with van der Waals surface area (Å²) in [6.07, 6.45) is 0. The van der Waals surface area contributed by atoms with Crippen LogP contribution < -0.4 is 16.6 Å². The number of anilines is 1. The Hall–Kier alpha value is -3.09. The molecule has 150 valence electrons. The number of halogens is 2. The molecule has 1 N–H and O–H groups in total. The maximum Gasteiger partial charge on any atom is 0.332 e. The summed E-state index contributed by atoms with van der Waals surface area (Å²) in [6.45, 7) is 0. The van der Waals surface area contributed by atoms with E-state index in [0.717, 1.165) is 10.1 Å². The Balaban J connectivity index is 1.91. The van der Waals surface area contributed by atoms with Crippen LogP contribution in [0, 0.1) is 0 Å². The summed E-state index contributed by atoms with van der Waals surface area (Å²) in [4.78, 5) is 39.2. The van der Waals surface area contributed by atoms with Gasteiger partial charge in [0.1, 0.15) is 5.82 Å². The molecular formula is C22H15Cl2N3O3. The minimum absolute atomic E-state index is 0.175. The molecule has 1 aliphatic heterocycles. The predicted molar refractivity (Wildman–Crippen MR) is 117 cm³/mol. The molecule has 0 saturated heterocycles. The highest BCUT2D eigenvalue weighted by atomic mass is 35.5. The normalized spacial score (nSPS) is 16.8. The third-order valence-electron chi connectivity index (χ3n) is 5.75. The van der Waals surface area contributed by atoms with E-state index in [0.29, 0.717) is 43.8 Å². The minimum Gasteiger partial charge on any atom is -0.340 e. The topological polar surface area (TPSA) is 73.1 Å². The van der Waals surface area contributed by atoms with Crippen LogP contribution in [0.15, 0.2) is 57.6 Å². The number of nitrogens with zero attached hydrogens (tertiary/aromatic N) is 2. The third-order valence-corrected chi connectivity index (χ3v) is 6.31. The molecule has 0 spiro atoms. The molecule has 1 atom stereocenters. The number of hydrogen-bond donors (Lipinski definition) is 1. The first kappa shape index (κ1) is 18.9. The van der Waals surface area contributed by atoms with Crippen molar-refractivity contribution in [1.82, 2.24) is 9.13 Å². The number of fused-ring (bicyclic) bond motifs is 3. The summed E-state index contributed by atoms with van der Waals surface area (Å²) in [5.74, 6) is -0.570. The van der Waals surface area contributed by atoms with Gasteiger partial charge >= 0.3 is 5.69 Å². The van der Waals surface area contributed by atoms with Crippen molar-refractivity contribution < 1.29 is 4.79 Å². The van der Waals surface area contributed by atoms with Gasteiger partial charge in [0.25, 0.3) is 5.56 Å². The van der Waals surface area contributed by atoms with Crippen molar-refractivity contribution in [2.75, 3.05) is 5.32 Å². The average molecular weight is 440 g/mol. The molecule has 2 aromatic carbocycles. The minimum atomic E-state index is -0.744. The molecule has 0 saturated carbocycles. The summed E-state index contributed by atoms with van der Waals surface area (Å²) in [5.41, 5.74) is 2.22. The van der Waals surface area contributed by atoms with Gasteiger partial charge in [-0.15, -0.1) is 0 Å². The maximum absolute atomic E-state index is 13.4. The maximum atomic E-state index is 13.4. The van der Waals surface area contributed by atoms with Crippen LogP contribution in [0.4, 0.5) is 5.82 Å². The van der Waals surface area contributed by atoms with E-state index in [2.05, 4.69) is 5.32 Å². The van der Waals surface area contributed by atoms with E-state index in [1.54, 1.807) is 37.4 Å². The second kappa shape index (κ2) is 6.45. The number of benzene rings is 2. The Morgan fingerprint density at radius 3 is 2.33 bits per heavy atom. The SMILES string of the molecule is Cn1c2c(c(=O)n(C)c1=O)C(c1ccc(Cl)cc1Cl)C1=C(N2)c2ccccc2C1=O. The van der Waals surface area contributed by atoms with Crippen molar-refractivity contribution in [1.29, 1.82) is 0 Å². The first-order valence-corrected chi connectivity index (χ1v) is 9.97. The number of ketones is 1. The summed E-state index contributed by atoms with van der Waals surface area (Å²) in [5, 5.41) is 3.98. The molecule has 3 aromatic rings. The fourth-order valence-corrected chi connectivity index (χ4v) is 4.82. The Morgan fingerprint density at radius 2 is 1.63 bits per heavy atom. The fraction of sp³-hybridized carbons (Fsp3) is 0.136. The van der Waals surface area contributed by atoms with Gasteiger partial charge in [-0.05, 0) is 17.7 Å². The molecule has 0 radical (unpaired) electrons. The lowest BCUT2D eigenvalue weighted by Gasteiger charge is -2.30. The zero-order valence-electron chi connectivity index (χ0n) is 16.0. The lowest BCUT2D eigenvalue weighted by Crippen LogP contribution is -2.42. The second-order valence-corrected chi connectivity index (χ2v) is 8.20. The van der Waals surface area contributed by atoms with Crippen molar-refractivity contribution in [2.24, 2.45) is 14.1 Å². The van der Waals surface area contributed by atoms with Crippen molar-refractivity contribution >= 4 is 40.5 Å². The van der Waals surface area contributed by atoms with Crippen LogP contribution in [0.5, 0.6) is 0 Å². The zero-order valence-corrected chi connectivity index (χ0v) is 17.5. The number of aromatic nitrogens is 2. The molecular weight excluding hydrogens is 425 g/mol. The van der Waals surface area contributed by atoms with E-state index in [1.807, 2.05) is 12.1 Å². The molecule has 30 heavy (non-hydrogen) atoms. The lowest BCUT2D eigenvalue weighted by molar-refractivity contribution is 0.103. The van der Waals surface area contributed by atoms with Gasteiger partial charge in [0, 0.05) is 40.8 Å². The Labute approximate surface area is 181 Å². The van der Waals surface area contributed by atoms with Gasteiger partial charge in [-0.25, -0.2) is 4.79 Å². The van der Waals surface area contributed by atoms with Crippen molar-refractivity contribution in [3.63, 3.8) is 0 Å². The molecule has 2 heterocycles. The highest BCUT2D eigenvalue weighted by Gasteiger charge is 2.43. The Bertz CT molecular complexity index is 1430. The molecule has 8 heteroatoms. The number of nitrogens with one attached hydrogen (secondary N) is 1. The van der Waals surface area contributed by atoms with E-state index in [9.17, 15) is 14.4 Å². The van der Waals surface area contributed by atoms with Gasteiger partial charge < -0.3 is 5.32 Å². The van der Waals surface area contributed by atoms with E-state index in [-0.39, 0.29) is 5.78 Å². The summed E-state index contributed by atoms with van der Waals surface area (Å²) in [6, 6.07) is 12.2. The Kier molecular flexibility index (Phi) is 4.07. The van der Waals surface area contributed by atoms with Crippen LogP contribution in [-0.4, -0.2) is 14.9 Å². The van der Waals surface area contributed by atoms with Gasteiger partial charge in [0.15, 0.2) is 5.78 Å². The zero-order chi connectivity index (χ0) is 21.3. The number of hydrogen-bond acceptors (Lipinski definition) is 4. The molecule has 2 aliphatic rings. The predicted octanol–water partition coefficient (Wildman–Crippen LogP) is 3.56. The molecule has 0 bridgehead atoms. The van der Waals surface area contributed by atoms with Crippen molar-refractivity contribution in [3.8, 4) is 0 Å². The second-order valence-electron chi connectivity index (χ2n) is 7.36. The molecule has 5 rings (SSSR count). The Morgan fingerprint density at radius 1 is 0.933 bits per heavy atom. The molecule has 1 aromatic heterocycles. The standard InChI is InChI=1S/C22H15Cl2N3O3/c1-26-20-17(21(29)27(2)22(26)30)15(13-8-7-10(23)9-14(13)24)16-18(25-20)11-5-3-4-6-12(11)19(16)28/h3-9,15,25H,1-2H3. The van der Waals surface area contributed by atoms with Crippen LogP contribution in [0.3, 0.4) is 0 Å². The van der Waals surface area contributed by atoms with Crippen LogP contribution in [0.25, 0.3) is 5.70 Å². The van der Waals surface area contributed by atoms with Crippen LogP contribution in [0.2, 0.25) is 10.0 Å². The first-order chi connectivity index (χ1) is 14.3. The fourth-order valence-electron chi connectivity index (χ4n) is 4.30. The lowest BCUT2D eigenvalue weighted by atomic mass is 9.81. The van der Waals surface area contributed by atoms with Crippen molar-refractivity contribution in [3.05, 3.63) is 101 Å². The average Bonchev–Trinajstić information content (AvgIpc) is 3.02. The smallest absolute Gasteiger partial charge is 0.332 e. The van der Waals surface area contributed by atoms with E-state index >= 15 is 0 Å². The van der Waals surface area contributed by atoms with Gasteiger partial charge in [-0.2, -0.15) is 0 Å². The largest absolute Gasteiger partial charge is 0.340 e. The van der Waals surface area contributed by atoms with E-state index in [1.165, 1.54) is 11.6 Å². The van der Waals surface area contributed by atoms with Gasteiger partial charge in [-0.3, -0.25) is 18.7 Å². The first-order valence-electron chi connectivity index (χ1n) is 9.21. The van der Waals surface area contributed by atoms with Gasteiger partial charge in [0.05, 0.1) is 17.2 Å². The highest BCUT2D eigenvalue weighted by Crippen LogP contribution is 2.49. The van der Waals surface area contributed by atoms with Crippen LogP contribution >= 0.6 is 23.2 Å². The number of allylic oxidation sites excluding steroid dienone is 1. The number of Topliss-reactive ketones (excluding diaryl/α,β-unsaturated/α-hetero) is 1. The third kappa shape index (κ3) is 2.41. The number of carbonyl (C=O) groups is 1. The van der Waals surface area contributed by atoms with E-state index in [4.69, 9.17) is 23.2 Å². The quantitative estimate of drug-likeness (QED) is 0.628. The number of carbonyl (C=O) groups excluding carboxylic acids is 1. The molecule has 0 amide bonds. The molecule has 0 fully saturated rings.